The third-order valence-corrected chi connectivity index (χ3v) is 3.75. The van der Waals surface area contributed by atoms with Crippen molar-refractivity contribution in [3.05, 3.63) is 35.0 Å². The zero-order valence-corrected chi connectivity index (χ0v) is 10.2. The smallest absolute Gasteiger partial charge is 0.0483 e. The number of aromatic nitrogens is 1. The van der Waals surface area contributed by atoms with E-state index in [4.69, 9.17) is 0 Å². The van der Waals surface area contributed by atoms with Crippen LogP contribution in [0.5, 0.6) is 0 Å². The summed E-state index contributed by atoms with van der Waals surface area (Å²) in [5.74, 6) is 0. The summed E-state index contributed by atoms with van der Waals surface area (Å²) in [7, 11) is 4.40. The lowest BCUT2D eigenvalue weighted by Crippen LogP contribution is -2.26. The van der Waals surface area contributed by atoms with Crippen LogP contribution < -0.4 is 0 Å². The lowest BCUT2D eigenvalue weighted by molar-refractivity contribution is 0.310. The van der Waals surface area contributed by atoms with Gasteiger partial charge in [-0.2, -0.15) is 0 Å². The number of benzene rings is 1. The molecular formula is C14H18N2. The Morgan fingerprint density at radius 3 is 2.81 bits per heavy atom. The molecule has 0 fully saturated rings. The second-order valence-corrected chi connectivity index (χ2v) is 4.99. The predicted molar refractivity (Wildman–Crippen MR) is 67.7 cm³/mol. The molecule has 0 aliphatic carbocycles. The van der Waals surface area contributed by atoms with E-state index in [1.54, 1.807) is 0 Å². The number of hydrogen-bond acceptors (Lipinski definition) is 1. The second-order valence-electron chi connectivity index (χ2n) is 4.99. The van der Waals surface area contributed by atoms with Crippen molar-refractivity contribution in [1.82, 2.24) is 9.47 Å². The molecule has 0 unspecified atom stereocenters. The summed E-state index contributed by atoms with van der Waals surface area (Å²) in [5, 5.41) is 1.45. The normalized spacial score (nSPS) is 16.7. The van der Waals surface area contributed by atoms with Crippen LogP contribution in [0.3, 0.4) is 0 Å². The van der Waals surface area contributed by atoms with Crippen LogP contribution in [0, 0.1) is 6.92 Å². The van der Waals surface area contributed by atoms with Crippen molar-refractivity contribution >= 4 is 10.9 Å². The van der Waals surface area contributed by atoms with E-state index in [0.717, 1.165) is 6.54 Å². The van der Waals surface area contributed by atoms with Crippen LogP contribution in [0.2, 0.25) is 0 Å². The first-order valence-electron chi connectivity index (χ1n) is 5.92. The summed E-state index contributed by atoms with van der Waals surface area (Å²) in [4.78, 5) is 2.41. The van der Waals surface area contributed by atoms with Gasteiger partial charge < -0.3 is 9.47 Å². The molecular weight excluding hydrogens is 196 g/mol. The zero-order valence-electron chi connectivity index (χ0n) is 10.2. The molecule has 2 aromatic rings. The van der Waals surface area contributed by atoms with E-state index in [2.05, 4.69) is 48.7 Å². The zero-order chi connectivity index (χ0) is 11.3. The fourth-order valence-corrected chi connectivity index (χ4v) is 2.83. The molecule has 0 amide bonds. The summed E-state index contributed by atoms with van der Waals surface area (Å²) in [6, 6.07) is 6.79. The van der Waals surface area contributed by atoms with Gasteiger partial charge in [-0.15, -0.1) is 0 Å². The molecule has 0 bridgehead atoms. The van der Waals surface area contributed by atoms with Crippen molar-refractivity contribution in [2.75, 3.05) is 13.6 Å². The largest absolute Gasteiger partial charge is 0.347 e. The van der Waals surface area contributed by atoms with Crippen LogP contribution in [-0.2, 0) is 20.0 Å². The van der Waals surface area contributed by atoms with Crippen molar-refractivity contribution in [2.45, 2.75) is 19.9 Å². The van der Waals surface area contributed by atoms with Crippen molar-refractivity contribution in [3.63, 3.8) is 0 Å². The predicted octanol–water partition coefficient (Wildman–Crippen LogP) is 2.47. The highest BCUT2D eigenvalue weighted by atomic mass is 15.1. The van der Waals surface area contributed by atoms with E-state index in [1.807, 2.05) is 0 Å². The van der Waals surface area contributed by atoms with Gasteiger partial charge in [0.25, 0.3) is 0 Å². The quantitative estimate of drug-likeness (QED) is 0.654. The summed E-state index contributed by atoms with van der Waals surface area (Å²) >= 11 is 0. The number of aryl methyl sites for hydroxylation is 2. The topological polar surface area (TPSA) is 8.17 Å². The second kappa shape index (κ2) is 3.36. The first-order chi connectivity index (χ1) is 7.66. The van der Waals surface area contributed by atoms with Crippen molar-refractivity contribution < 1.29 is 0 Å². The molecule has 1 aromatic heterocycles. The van der Waals surface area contributed by atoms with Crippen molar-refractivity contribution in [1.29, 1.82) is 0 Å². The molecule has 84 valence electrons. The average Bonchev–Trinajstić information content (AvgIpc) is 2.52. The molecule has 1 aromatic carbocycles. The molecule has 0 radical (unpaired) electrons. The van der Waals surface area contributed by atoms with Crippen LogP contribution in [0.4, 0.5) is 0 Å². The Kier molecular flexibility index (Phi) is 2.08. The van der Waals surface area contributed by atoms with Gasteiger partial charge in [-0.3, -0.25) is 0 Å². The highest BCUT2D eigenvalue weighted by Crippen LogP contribution is 2.30. The molecule has 2 heterocycles. The van der Waals surface area contributed by atoms with Gasteiger partial charge in [0.1, 0.15) is 0 Å². The van der Waals surface area contributed by atoms with Crippen LogP contribution in [0.1, 0.15) is 16.8 Å². The minimum absolute atomic E-state index is 1.09. The molecule has 2 heteroatoms. The van der Waals surface area contributed by atoms with Crippen LogP contribution in [0.25, 0.3) is 10.9 Å². The Bertz CT molecular complexity index is 551. The Labute approximate surface area is 96.5 Å². The molecule has 3 rings (SSSR count). The SMILES string of the molecule is Cc1ccc2c(c1)c1c(n2C)CCN(C)C1. The lowest BCUT2D eigenvalue weighted by atomic mass is 10.0. The van der Waals surface area contributed by atoms with Gasteiger partial charge in [0.2, 0.25) is 0 Å². The standard InChI is InChI=1S/C14H18N2/c1-10-4-5-13-11(8-10)12-9-15(2)7-6-14(12)16(13)3/h4-5,8H,6-7,9H2,1-3H3. The average molecular weight is 214 g/mol. The first-order valence-corrected chi connectivity index (χ1v) is 5.92. The van der Waals surface area contributed by atoms with E-state index in [9.17, 15) is 0 Å². The number of likely N-dealkylation sites (N-methyl/N-ethyl adjacent to an activating group) is 1. The van der Waals surface area contributed by atoms with E-state index in [0.29, 0.717) is 0 Å². The molecule has 0 saturated heterocycles. The highest BCUT2D eigenvalue weighted by molar-refractivity contribution is 5.86. The molecule has 0 N–H and O–H groups in total. The van der Waals surface area contributed by atoms with Crippen LogP contribution in [-0.4, -0.2) is 23.1 Å². The molecule has 1 aliphatic heterocycles. The minimum Gasteiger partial charge on any atom is -0.347 e. The Balaban J connectivity index is 2.33. The summed E-state index contributed by atoms with van der Waals surface area (Å²) in [6.45, 7) is 4.44. The van der Waals surface area contributed by atoms with E-state index >= 15 is 0 Å². The Hall–Kier alpha value is -1.28. The van der Waals surface area contributed by atoms with Gasteiger partial charge in [0.15, 0.2) is 0 Å². The van der Waals surface area contributed by atoms with E-state index in [-0.39, 0.29) is 0 Å². The van der Waals surface area contributed by atoms with Gasteiger partial charge in [-0.05, 0) is 31.7 Å². The van der Waals surface area contributed by atoms with Gasteiger partial charge in [-0.25, -0.2) is 0 Å². The van der Waals surface area contributed by atoms with Crippen molar-refractivity contribution in [3.8, 4) is 0 Å². The van der Waals surface area contributed by atoms with Crippen molar-refractivity contribution in [2.24, 2.45) is 7.05 Å². The number of hydrogen-bond donors (Lipinski definition) is 0. The monoisotopic (exact) mass is 214 g/mol. The molecule has 2 nitrogen and oxygen atoms in total. The van der Waals surface area contributed by atoms with Crippen LogP contribution >= 0.6 is 0 Å². The Morgan fingerprint density at radius 2 is 2.00 bits per heavy atom. The van der Waals surface area contributed by atoms with Gasteiger partial charge in [-0.1, -0.05) is 11.6 Å². The highest BCUT2D eigenvalue weighted by Gasteiger charge is 2.20. The minimum atomic E-state index is 1.09. The third kappa shape index (κ3) is 1.30. The fraction of sp³-hybridized carbons (Fsp3) is 0.429. The van der Waals surface area contributed by atoms with Gasteiger partial charge >= 0.3 is 0 Å². The van der Waals surface area contributed by atoms with E-state index < -0.39 is 0 Å². The lowest BCUT2D eigenvalue weighted by Gasteiger charge is -2.23. The first kappa shape index (κ1) is 9.91. The summed E-state index contributed by atoms with van der Waals surface area (Å²) in [6.07, 6.45) is 1.18. The Morgan fingerprint density at radius 1 is 1.19 bits per heavy atom. The number of rotatable bonds is 0. The number of fused-ring (bicyclic) bond motifs is 3. The summed E-state index contributed by atoms with van der Waals surface area (Å²) in [5.41, 5.74) is 5.80. The molecule has 0 spiro atoms. The van der Waals surface area contributed by atoms with Gasteiger partial charge in [0.05, 0.1) is 0 Å². The maximum atomic E-state index is 2.41. The molecule has 0 atom stereocenters. The fourth-order valence-electron chi connectivity index (χ4n) is 2.83. The molecule has 1 aliphatic rings. The molecule has 16 heavy (non-hydrogen) atoms. The maximum Gasteiger partial charge on any atom is 0.0483 e. The third-order valence-electron chi connectivity index (χ3n) is 3.75. The molecule has 0 saturated carbocycles. The van der Waals surface area contributed by atoms with Crippen LogP contribution in [0.15, 0.2) is 18.2 Å². The maximum absolute atomic E-state index is 2.41. The van der Waals surface area contributed by atoms with E-state index in [1.165, 1.54) is 40.7 Å². The van der Waals surface area contributed by atoms with Gasteiger partial charge in [0, 0.05) is 43.2 Å². The summed E-state index contributed by atoms with van der Waals surface area (Å²) < 4.78 is 2.37. The number of nitrogens with zero attached hydrogens (tertiary/aromatic N) is 2.